The second-order valence-electron chi connectivity index (χ2n) is 6.83. The molecule has 2 aliphatic heterocycles. The second-order valence-corrected chi connectivity index (χ2v) is 7.91. The molecule has 1 fully saturated rings. The summed E-state index contributed by atoms with van der Waals surface area (Å²) < 4.78 is 5.57. The van der Waals surface area contributed by atoms with Crippen LogP contribution in [0.1, 0.15) is 41.3 Å². The molecule has 2 aromatic rings. The van der Waals surface area contributed by atoms with Gasteiger partial charge in [-0.15, -0.1) is 0 Å². The van der Waals surface area contributed by atoms with Gasteiger partial charge in [-0.2, -0.15) is 0 Å². The van der Waals surface area contributed by atoms with Gasteiger partial charge in [-0.05, 0) is 57.0 Å². The lowest BCUT2D eigenvalue weighted by Crippen LogP contribution is -2.31. The average molecular weight is 366 g/mol. The fourth-order valence-corrected chi connectivity index (χ4v) is 4.36. The first-order chi connectivity index (χ1) is 12.6. The molecule has 1 atom stereocenters. The predicted octanol–water partition coefficient (Wildman–Crippen LogP) is 4.51. The normalized spacial score (nSPS) is 18.5. The van der Waals surface area contributed by atoms with Crippen LogP contribution >= 0.6 is 11.8 Å². The summed E-state index contributed by atoms with van der Waals surface area (Å²) in [5, 5.41) is 2.98. The molecule has 5 heteroatoms. The van der Waals surface area contributed by atoms with Crippen LogP contribution in [0, 0.1) is 6.92 Å². The van der Waals surface area contributed by atoms with E-state index < -0.39 is 0 Å². The zero-order valence-electron chi connectivity index (χ0n) is 15.0. The van der Waals surface area contributed by atoms with Gasteiger partial charge in [0.15, 0.2) is 0 Å². The van der Waals surface area contributed by atoms with Gasteiger partial charge in [-0.1, -0.05) is 23.4 Å². The second kappa shape index (κ2) is 7.25. The van der Waals surface area contributed by atoms with E-state index in [-0.39, 0.29) is 12.0 Å². The van der Waals surface area contributed by atoms with Gasteiger partial charge in [0.05, 0.1) is 11.8 Å². The van der Waals surface area contributed by atoms with Crippen molar-refractivity contribution in [2.45, 2.75) is 42.6 Å². The standard InChI is InChI=1S/C21H22N2O2S/c1-13-5-7-19-17(10-13)14(2)23-18-11-15(6-8-20(18)26-19)21(24)22-12-16-4-3-9-25-16/h5-8,10-11,16H,3-4,9,12H2,1-2H3,(H,22,24)/t16-/m1/s1. The fourth-order valence-electron chi connectivity index (χ4n) is 3.32. The molecule has 0 spiro atoms. The highest BCUT2D eigenvalue weighted by molar-refractivity contribution is 7.99. The molecule has 1 N–H and O–H groups in total. The van der Waals surface area contributed by atoms with Crippen molar-refractivity contribution in [3.63, 3.8) is 0 Å². The SMILES string of the molecule is CC1=Nc2cc(C(=O)NC[C@H]3CCCO3)ccc2Sc2ccc(C)cc21. The van der Waals surface area contributed by atoms with E-state index in [2.05, 4.69) is 30.4 Å². The Morgan fingerprint density at radius 2 is 2.08 bits per heavy atom. The number of hydrogen-bond donors (Lipinski definition) is 1. The van der Waals surface area contributed by atoms with Crippen molar-refractivity contribution in [3.8, 4) is 0 Å². The first-order valence-corrected chi connectivity index (χ1v) is 9.80. The third kappa shape index (κ3) is 3.55. The number of nitrogens with zero attached hydrogens (tertiary/aromatic N) is 1. The number of carbonyl (C=O) groups excluding carboxylic acids is 1. The quantitative estimate of drug-likeness (QED) is 0.869. The van der Waals surface area contributed by atoms with Crippen LogP contribution < -0.4 is 5.32 Å². The number of nitrogens with one attached hydrogen (secondary N) is 1. The van der Waals surface area contributed by atoms with Gasteiger partial charge in [-0.3, -0.25) is 9.79 Å². The molecule has 0 aliphatic carbocycles. The lowest BCUT2D eigenvalue weighted by Gasteiger charge is -2.11. The highest BCUT2D eigenvalue weighted by atomic mass is 32.2. The van der Waals surface area contributed by atoms with Crippen LogP contribution in [0.15, 0.2) is 51.2 Å². The van der Waals surface area contributed by atoms with Crippen molar-refractivity contribution >= 4 is 29.1 Å². The van der Waals surface area contributed by atoms with Crippen LogP contribution in [0.3, 0.4) is 0 Å². The zero-order valence-corrected chi connectivity index (χ0v) is 15.9. The molecule has 26 heavy (non-hydrogen) atoms. The number of benzene rings is 2. The Hall–Kier alpha value is -2.11. The van der Waals surface area contributed by atoms with Crippen molar-refractivity contribution in [3.05, 3.63) is 53.1 Å². The molecular formula is C21H22N2O2S. The summed E-state index contributed by atoms with van der Waals surface area (Å²) in [4.78, 5) is 19.6. The number of aliphatic imine (C=N–C) groups is 1. The molecule has 2 aliphatic rings. The topological polar surface area (TPSA) is 50.7 Å². The monoisotopic (exact) mass is 366 g/mol. The summed E-state index contributed by atoms with van der Waals surface area (Å²) in [5.41, 5.74) is 4.86. The summed E-state index contributed by atoms with van der Waals surface area (Å²) in [6.45, 7) is 5.48. The minimum absolute atomic E-state index is 0.0706. The Bertz CT molecular complexity index is 886. The van der Waals surface area contributed by atoms with Crippen LogP contribution in [0.25, 0.3) is 0 Å². The van der Waals surface area contributed by atoms with Crippen LogP contribution in [0.5, 0.6) is 0 Å². The van der Waals surface area contributed by atoms with Crippen molar-refractivity contribution in [2.24, 2.45) is 4.99 Å². The van der Waals surface area contributed by atoms with Crippen LogP contribution in [0.2, 0.25) is 0 Å². The molecule has 4 nitrogen and oxygen atoms in total. The molecule has 0 unspecified atom stereocenters. The van der Waals surface area contributed by atoms with E-state index >= 15 is 0 Å². The van der Waals surface area contributed by atoms with E-state index in [1.54, 1.807) is 11.8 Å². The number of aryl methyl sites for hydroxylation is 1. The summed E-state index contributed by atoms with van der Waals surface area (Å²) in [6.07, 6.45) is 2.24. The first kappa shape index (κ1) is 17.3. The van der Waals surface area contributed by atoms with Gasteiger partial charge in [0.2, 0.25) is 0 Å². The molecule has 2 heterocycles. The van der Waals surface area contributed by atoms with E-state index in [1.165, 1.54) is 10.5 Å². The molecule has 1 saturated heterocycles. The maximum Gasteiger partial charge on any atom is 0.251 e. The summed E-state index contributed by atoms with van der Waals surface area (Å²) in [5.74, 6) is -0.0706. The summed E-state index contributed by atoms with van der Waals surface area (Å²) >= 11 is 1.70. The Morgan fingerprint density at radius 3 is 2.88 bits per heavy atom. The fraction of sp³-hybridized carbons (Fsp3) is 0.333. The van der Waals surface area contributed by atoms with E-state index in [0.717, 1.165) is 41.3 Å². The van der Waals surface area contributed by atoms with Crippen molar-refractivity contribution in [1.82, 2.24) is 5.32 Å². The van der Waals surface area contributed by atoms with Gasteiger partial charge >= 0.3 is 0 Å². The summed E-state index contributed by atoms with van der Waals surface area (Å²) in [6, 6.07) is 12.2. The van der Waals surface area contributed by atoms with Crippen molar-refractivity contribution < 1.29 is 9.53 Å². The van der Waals surface area contributed by atoms with Gasteiger partial charge in [0, 0.05) is 39.8 Å². The predicted molar refractivity (Wildman–Crippen MR) is 105 cm³/mol. The molecule has 134 valence electrons. The maximum absolute atomic E-state index is 12.5. The van der Waals surface area contributed by atoms with E-state index in [9.17, 15) is 4.79 Å². The van der Waals surface area contributed by atoms with Crippen LogP contribution in [-0.2, 0) is 4.74 Å². The Labute approximate surface area is 158 Å². The zero-order chi connectivity index (χ0) is 18.1. The van der Waals surface area contributed by atoms with E-state index in [1.807, 2.05) is 25.1 Å². The van der Waals surface area contributed by atoms with Crippen LogP contribution in [0.4, 0.5) is 5.69 Å². The lowest BCUT2D eigenvalue weighted by atomic mass is 10.1. The van der Waals surface area contributed by atoms with Gasteiger partial charge in [-0.25, -0.2) is 0 Å². The molecule has 4 rings (SSSR count). The number of amides is 1. The molecule has 1 amide bonds. The Morgan fingerprint density at radius 1 is 1.23 bits per heavy atom. The van der Waals surface area contributed by atoms with Gasteiger partial charge in [0.1, 0.15) is 0 Å². The van der Waals surface area contributed by atoms with E-state index in [4.69, 9.17) is 9.73 Å². The lowest BCUT2D eigenvalue weighted by molar-refractivity contribution is 0.0858. The Kier molecular flexibility index (Phi) is 4.83. The van der Waals surface area contributed by atoms with Crippen molar-refractivity contribution in [2.75, 3.05) is 13.2 Å². The molecule has 0 bridgehead atoms. The number of hydrogen-bond acceptors (Lipinski definition) is 4. The number of carbonyl (C=O) groups is 1. The third-order valence-corrected chi connectivity index (χ3v) is 5.91. The number of ether oxygens (including phenoxy) is 1. The molecule has 0 aromatic heterocycles. The van der Waals surface area contributed by atoms with Crippen LogP contribution in [-0.4, -0.2) is 30.9 Å². The average Bonchev–Trinajstić information content (AvgIpc) is 3.11. The highest BCUT2D eigenvalue weighted by Gasteiger charge is 2.19. The number of rotatable bonds is 3. The number of fused-ring (bicyclic) bond motifs is 2. The van der Waals surface area contributed by atoms with Crippen molar-refractivity contribution in [1.29, 1.82) is 0 Å². The first-order valence-electron chi connectivity index (χ1n) is 8.98. The minimum Gasteiger partial charge on any atom is -0.376 e. The minimum atomic E-state index is -0.0706. The molecule has 2 aromatic carbocycles. The largest absolute Gasteiger partial charge is 0.376 e. The highest BCUT2D eigenvalue weighted by Crippen LogP contribution is 2.40. The maximum atomic E-state index is 12.5. The van der Waals surface area contributed by atoms with Gasteiger partial charge < -0.3 is 10.1 Å². The van der Waals surface area contributed by atoms with E-state index in [0.29, 0.717) is 12.1 Å². The molecule has 0 saturated carbocycles. The third-order valence-electron chi connectivity index (χ3n) is 4.77. The smallest absolute Gasteiger partial charge is 0.251 e. The molecule has 0 radical (unpaired) electrons. The summed E-state index contributed by atoms with van der Waals surface area (Å²) in [7, 11) is 0. The Balaban J connectivity index is 1.58. The van der Waals surface area contributed by atoms with Gasteiger partial charge in [0.25, 0.3) is 5.91 Å². The molecular weight excluding hydrogens is 344 g/mol.